The van der Waals surface area contributed by atoms with Crippen molar-refractivity contribution in [3.8, 4) is 0 Å². The highest BCUT2D eigenvalue weighted by Gasteiger charge is 2.30. The summed E-state index contributed by atoms with van der Waals surface area (Å²) in [4.78, 5) is 73.4. The Morgan fingerprint density at radius 1 is 0.222 bits per heavy atom. The molecule has 642 valence electrons. The number of rotatable bonds is 90. The highest BCUT2D eigenvalue weighted by molar-refractivity contribution is 7.47. The number of carbonyl (C=O) groups is 4. The molecule has 19 heteroatoms. The summed E-state index contributed by atoms with van der Waals surface area (Å²) in [7, 11) is -9.93. The number of phosphoric acid groups is 2. The molecule has 0 aromatic carbocycles. The lowest BCUT2D eigenvalue weighted by Crippen LogP contribution is -2.30. The number of carbonyl (C=O) groups excluding carboxylic acids is 4. The third-order valence-corrected chi connectivity index (χ3v) is 23.0. The minimum atomic E-state index is -4.97. The Hall–Kier alpha value is -1.94. The summed E-state index contributed by atoms with van der Waals surface area (Å²) >= 11 is 0. The van der Waals surface area contributed by atoms with E-state index in [1.54, 1.807) is 0 Å². The molecule has 5 atom stereocenters. The predicted octanol–water partition coefficient (Wildman–Crippen LogP) is 27.7. The molecule has 0 bridgehead atoms. The minimum Gasteiger partial charge on any atom is -0.462 e. The second-order valence-corrected chi connectivity index (χ2v) is 34.9. The standard InChI is InChI=1S/C89H174O17P2/c1-5-9-13-17-21-25-29-33-36-39-41-42-43-45-48-52-56-60-64-68-72-76-89(94)106-85(80-100-87(92)74-70-66-62-58-54-50-47-44-40-37-34-30-26-22-18-14-10-6-2)82-104-108(97,98)102-78-83(90)77-101-107(95,96)103-81-84(79-99-86(91)73-69-65-61-57-53-49-32-28-24-20-16-12-8-4)105-88(93)75-71-67-63-59-55-51-46-38-35-31-27-23-19-15-11-7-3/h83-85,90H,5-82H2,1-4H3,(H,95,96)(H,97,98)/t83-,84+,85+/m0/s1. The molecule has 0 aliphatic carbocycles. The Morgan fingerprint density at radius 2 is 0.370 bits per heavy atom. The zero-order valence-electron chi connectivity index (χ0n) is 70.8. The van der Waals surface area contributed by atoms with Crippen LogP contribution in [0.25, 0.3) is 0 Å². The van der Waals surface area contributed by atoms with Crippen molar-refractivity contribution in [3.05, 3.63) is 0 Å². The molecule has 0 spiro atoms. The lowest BCUT2D eigenvalue weighted by molar-refractivity contribution is -0.161. The van der Waals surface area contributed by atoms with Crippen LogP contribution >= 0.6 is 15.6 Å². The first-order valence-electron chi connectivity index (χ1n) is 46.3. The SMILES string of the molecule is CCCCCCCCCCCCCCCCCCCCCCCC(=O)O[C@H](COC(=O)CCCCCCCCCCCCCCCCCCCC)COP(=O)(O)OC[C@@H](O)COP(=O)(O)OC[C@@H](COC(=O)CCCCCCCCCCCCCCC)OC(=O)CCCCCCCCCCCCCCCCCC. The molecule has 108 heavy (non-hydrogen) atoms. The topological polar surface area (TPSA) is 237 Å². The van der Waals surface area contributed by atoms with E-state index in [4.69, 9.17) is 37.0 Å². The Morgan fingerprint density at radius 3 is 0.546 bits per heavy atom. The summed E-state index contributed by atoms with van der Waals surface area (Å²) in [6.07, 6.45) is 79.1. The molecular formula is C89H174O17P2. The number of hydrogen-bond acceptors (Lipinski definition) is 15. The summed E-state index contributed by atoms with van der Waals surface area (Å²) in [5, 5.41) is 10.7. The Kier molecular flexibility index (Phi) is 81.5. The second kappa shape index (κ2) is 83.0. The maximum Gasteiger partial charge on any atom is 0.472 e. The molecule has 2 unspecified atom stereocenters. The molecular weight excluding hydrogens is 1400 g/mol. The van der Waals surface area contributed by atoms with Crippen molar-refractivity contribution in [3.63, 3.8) is 0 Å². The van der Waals surface area contributed by atoms with Gasteiger partial charge >= 0.3 is 39.5 Å². The van der Waals surface area contributed by atoms with Gasteiger partial charge in [-0.15, -0.1) is 0 Å². The number of unbranched alkanes of at least 4 members (excludes halogenated alkanes) is 64. The van der Waals surface area contributed by atoms with Crippen LogP contribution in [0.1, 0.15) is 490 Å². The number of phosphoric ester groups is 2. The molecule has 0 rings (SSSR count). The van der Waals surface area contributed by atoms with Crippen molar-refractivity contribution in [2.75, 3.05) is 39.6 Å². The average Bonchev–Trinajstić information content (AvgIpc) is 0.906. The quantitative estimate of drug-likeness (QED) is 0.0222. The summed E-state index contributed by atoms with van der Waals surface area (Å²) in [5.74, 6) is -2.09. The summed E-state index contributed by atoms with van der Waals surface area (Å²) in [6.45, 7) is 5.09. The van der Waals surface area contributed by atoms with Crippen molar-refractivity contribution in [1.82, 2.24) is 0 Å². The first-order valence-corrected chi connectivity index (χ1v) is 49.3. The van der Waals surface area contributed by atoms with E-state index in [2.05, 4.69) is 27.7 Å². The van der Waals surface area contributed by atoms with E-state index < -0.39 is 97.5 Å². The maximum atomic E-state index is 13.2. The van der Waals surface area contributed by atoms with Crippen LogP contribution in [0.15, 0.2) is 0 Å². The van der Waals surface area contributed by atoms with Gasteiger partial charge in [-0.2, -0.15) is 0 Å². The number of ether oxygens (including phenoxy) is 4. The summed E-state index contributed by atoms with van der Waals surface area (Å²) in [6, 6.07) is 0. The third kappa shape index (κ3) is 82.1. The molecule has 0 amide bonds. The van der Waals surface area contributed by atoms with Crippen LogP contribution < -0.4 is 0 Å². The fourth-order valence-electron chi connectivity index (χ4n) is 14.1. The van der Waals surface area contributed by atoms with Crippen LogP contribution in [0.4, 0.5) is 0 Å². The van der Waals surface area contributed by atoms with Crippen LogP contribution in [0.3, 0.4) is 0 Å². The van der Waals surface area contributed by atoms with Crippen LogP contribution in [-0.4, -0.2) is 96.7 Å². The van der Waals surface area contributed by atoms with Crippen molar-refractivity contribution in [2.45, 2.75) is 508 Å². The van der Waals surface area contributed by atoms with E-state index in [0.717, 1.165) is 89.9 Å². The second-order valence-electron chi connectivity index (χ2n) is 32.0. The Bertz CT molecular complexity index is 2030. The van der Waals surface area contributed by atoms with Crippen molar-refractivity contribution in [1.29, 1.82) is 0 Å². The van der Waals surface area contributed by atoms with E-state index in [1.165, 1.54) is 321 Å². The molecule has 17 nitrogen and oxygen atoms in total. The molecule has 0 aliphatic rings. The predicted molar refractivity (Wildman–Crippen MR) is 446 cm³/mol. The lowest BCUT2D eigenvalue weighted by atomic mass is 10.0. The van der Waals surface area contributed by atoms with E-state index in [0.29, 0.717) is 25.7 Å². The van der Waals surface area contributed by atoms with Gasteiger partial charge in [0.15, 0.2) is 12.2 Å². The molecule has 0 saturated heterocycles. The highest BCUT2D eigenvalue weighted by Crippen LogP contribution is 2.45. The van der Waals surface area contributed by atoms with Crippen molar-refractivity contribution in [2.24, 2.45) is 0 Å². The van der Waals surface area contributed by atoms with Crippen molar-refractivity contribution < 1.29 is 80.2 Å². The minimum absolute atomic E-state index is 0.110. The van der Waals surface area contributed by atoms with Gasteiger partial charge in [-0.05, 0) is 25.7 Å². The fraction of sp³-hybridized carbons (Fsp3) is 0.955. The molecule has 0 aromatic heterocycles. The van der Waals surface area contributed by atoms with E-state index in [-0.39, 0.29) is 25.7 Å². The van der Waals surface area contributed by atoms with Crippen LogP contribution in [0.2, 0.25) is 0 Å². The first kappa shape index (κ1) is 106. The lowest BCUT2D eigenvalue weighted by Gasteiger charge is -2.21. The fourth-order valence-corrected chi connectivity index (χ4v) is 15.6. The normalized spacial score (nSPS) is 13.7. The summed E-state index contributed by atoms with van der Waals surface area (Å²) < 4.78 is 69.0. The largest absolute Gasteiger partial charge is 0.472 e. The van der Waals surface area contributed by atoms with Gasteiger partial charge in [-0.25, -0.2) is 9.13 Å². The van der Waals surface area contributed by atoms with Gasteiger partial charge in [0.1, 0.15) is 19.3 Å². The zero-order valence-corrected chi connectivity index (χ0v) is 72.6. The molecule has 0 saturated carbocycles. The van der Waals surface area contributed by atoms with Gasteiger partial charge in [-0.1, -0.05) is 439 Å². The van der Waals surface area contributed by atoms with Crippen LogP contribution in [0.5, 0.6) is 0 Å². The van der Waals surface area contributed by atoms with Crippen LogP contribution in [-0.2, 0) is 65.4 Å². The van der Waals surface area contributed by atoms with Gasteiger partial charge in [-0.3, -0.25) is 37.3 Å². The van der Waals surface area contributed by atoms with Gasteiger partial charge in [0.05, 0.1) is 26.4 Å². The first-order chi connectivity index (χ1) is 52.7. The molecule has 0 aromatic rings. The van der Waals surface area contributed by atoms with Gasteiger partial charge in [0.2, 0.25) is 0 Å². The van der Waals surface area contributed by atoms with Crippen LogP contribution in [0, 0.1) is 0 Å². The van der Waals surface area contributed by atoms with E-state index in [1.807, 2.05) is 0 Å². The Labute approximate surface area is 664 Å². The number of aliphatic hydroxyl groups excluding tert-OH is 1. The maximum absolute atomic E-state index is 13.2. The smallest absolute Gasteiger partial charge is 0.462 e. The zero-order chi connectivity index (χ0) is 78.9. The molecule has 0 heterocycles. The average molecular weight is 1580 g/mol. The van der Waals surface area contributed by atoms with Gasteiger partial charge in [0, 0.05) is 25.7 Å². The molecule has 0 radical (unpaired) electrons. The van der Waals surface area contributed by atoms with E-state index >= 15 is 0 Å². The van der Waals surface area contributed by atoms with Gasteiger partial charge in [0.25, 0.3) is 0 Å². The third-order valence-electron chi connectivity index (χ3n) is 21.1. The number of hydrogen-bond donors (Lipinski definition) is 3. The molecule has 0 fully saturated rings. The highest BCUT2D eigenvalue weighted by atomic mass is 31.2. The molecule has 0 aliphatic heterocycles. The van der Waals surface area contributed by atoms with Gasteiger partial charge < -0.3 is 33.8 Å². The number of aliphatic hydroxyl groups is 1. The summed E-state index contributed by atoms with van der Waals surface area (Å²) in [5.41, 5.74) is 0. The Balaban J connectivity index is 5.25. The number of esters is 4. The van der Waals surface area contributed by atoms with E-state index in [9.17, 15) is 43.2 Å². The monoisotopic (exact) mass is 1580 g/mol. The van der Waals surface area contributed by atoms with Crippen molar-refractivity contribution >= 4 is 39.5 Å². The molecule has 3 N–H and O–H groups in total.